The number of rotatable bonds is 10. The molecule has 0 saturated carbocycles. The Morgan fingerprint density at radius 1 is 0.800 bits per heavy atom. The molecule has 0 unspecified atom stereocenters. The van der Waals surface area contributed by atoms with Gasteiger partial charge in [-0.3, -0.25) is 4.79 Å². The lowest BCUT2D eigenvalue weighted by Gasteiger charge is -2.13. The molecule has 0 spiro atoms. The highest BCUT2D eigenvalue weighted by molar-refractivity contribution is 6.04. The Kier molecular flexibility index (Phi) is 8.45. The third-order valence-corrected chi connectivity index (χ3v) is 5.01. The summed E-state index contributed by atoms with van der Waals surface area (Å²) in [6.45, 7) is 0. The first-order chi connectivity index (χ1) is 16.9. The highest BCUT2D eigenvalue weighted by Crippen LogP contribution is 2.39. The number of anilines is 1. The summed E-state index contributed by atoms with van der Waals surface area (Å²) in [5.74, 6) is -0.0773. The van der Waals surface area contributed by atoms with Gasteiger partial charge < -0.3 is 24.3 Å². The summed E-state index contributed by atoms with van der Waals surface area (Å²) in [5, 5.41) is 2.86. The summed E-state index contributed by atoms with van der Waals surface area (Å²) >= 11 is 0. The van der Waals surface area contributed by atoms with E-state index in [0.29, 0.717) is 28.5 Å². The number of nitrogens with one attached hydrogen (secondary N) is 1. The van der Waals surface area contributed by atoms with Crippen LogP contribution in [0.4, 0.5) is 14.5 Å². The maximum atomic E-state index is 14.7. The Balaban J connectivity index is 1.85. The highest BCUT2D eigenvalue weighted by Gasteiger charge is 2.13. The summed E-state index contributed by atoms with van der Waals surface area (Å²) in [5.41, 5.74) is 1.78. The van der Waals surface area contributed by atoms with Crippen LogP contribution in [0.2, 0.25) is 0 Å². The summed E-state index contributed by atoms with van der Waals surface area (Å²) in [4.78, 5) is 12.2. The lowest BCUT2D eigenvalue weighted by Crippen LogP contribution is -1.99. The van der Waals surface area contributed by atoms with E-state index in [2.05, 4.69) is 5.32 Å². The van der Waals surface area contributed by atoms with Crippen molar-refractivity contribution in [1.29, 1.82) is 0 Å². The zero-order valence-corrected chi connectivity index (χ0v) is 19.7. The van der Waals surface area contributed by atoms with E-state index in [4.69, 9.17) is 18.9 Å². The molecule has 0 bridgehead atoms. The van der Waals surface area contributed by atoms with Crippen molar-refractivity contribution in [2.75, 3.05) is 33.8 Å². The van der Waals surface area contributed by atoms with Crippen molar-refractivity contribution in [3.63, 3.8) is 0 Å². The molecule has 3 rings (SSSR count). The van der Waals surface area contributed by atoms with Crippen LogP contribution in [0.5, 0.6) is 23.0 Å². The van der Waals surface area contributed by atoms with E-state index in [-0.39, 0.29) is 11.3 Å². The van der Waals surface area contributed by atoms with Gasteiger partial charge in [0.2, 0.25) is 5.75 Å². The van der Waals surface area contributed by atoms with Gasteiger partial charge in [0.15, 0.2) is 28.8 Å². The van der Waals surface area contributed by atoms with Gasteiger partial charge in [0.25, 0.3) is 0 Å². The molecule has 3 aromatic carbocycles. The fourth-order valence-corrected chi connectivity index (χ4v) is 3.36. The van der Waals surface area contributed by atoms with Gasteiger partial charge in [-0.2, -0.15) is 0 Å². The third kappa shape index (κ3) is 6.17. The largest absolute Gasteiger partial charge is 0.493 e. The fraction of sp³-hybridized carbons (Fsp3) is 0.148. The monoisotopic (exact) mass is 481 g/mol. The minimum absolute atomic E-state index is 0.0159. The first kappa shape index (κ1) is 25.3. The predicted octanol–water partition coefficient (Wildman–Crippen LogP) is 5.98. The van der Waals surface area contributed by atoms with Crippen molar-refractivity contribution in [2.45, 2.75) is 0 Å². The van der Waals surface area contributed by atoms with E-state index in [1.807, 2.05) is 0 Å². The maximum absolute atomic E-state index is 14.7. The molecule has 0 aliphatic heterocycles. The van der Waals surface area contributed by atoms with Gasteiger partial charge in [0, 0.05) is 17.8 Å². The number of hydrogen-bond donors (Lipinski definition) is 1. The van der Waals surface area contributed by atoms with Crippen LogP contribution in [0.3, 0.4) is 0 Å². The molecule has 0 amide bonds. The molecule has 0 radical (unpaired) electrons. The number of benzene rings is 3. The molecular weight excluding hydrogens is 456 g/mol. The van der Waals surface area contributed by atoms with E-state index in [1.165, 1.54) is 65.0 Å². The van der Waals surface area contributed by atoms with Crippen LogP contribution in [0, 0.1) is 11.6 Å². The van der Waals surface area contributed by atoms with Gasteiger partial charge in [-0.1, -0.05) is 24.3 Å². The third-order valence-electron chi connectivity index (χ3n) is 5.01. The molecule has 0 saturated heterocycles. The number of ketones is 1. The number of halogens is 2. The lowest BCUT2D eigenvalue weighted by atomic mass is 10.1. The molecule has 0 heterocycles. The van der Waals surface area contributed by atoms with Crippen LogP contribution in [-0.4, -0.2) is 34.2 Å². The fourth-order valence-electron chi connectivity index (χ4n) is 3.36. The first-order valence-corrected chi connectivity index (χ1v) is 10.5. The molecule has 0 atom stereocenters. The number of carbonyl (C=O) groups is 1. The molecule has 3 aromatic rings. The van der Waals surface area contributed by atoms with Crippen LogP contribution in [0.1, 0.15) is 21.5 Å². The number of carbonyl (C=O) groups excluding carboxylic acids is 1. The molecule has 1 N–H and O–H groups in total. The van der Waals surface area contributed by atoms with Crippen molar-refractivity contribution in [1.82, 2.24) is 0 Å². The quantitative estimate of drug-likeness (QED) is 0.218. The molecule has 182 valence electrons. The van der Waals surface area contributed by atoms with Crippen molar-refractivity contribution in [3.05, 3.63) is 89.1 Å². The van der Waals surface area contributed by atoms with E-state index in [9.17, 15) is 13.6 Å². The minimum atomic E-state index is -0.591. The molecule has 6 nitrogen and oxygen atoms in total. The van der Waals surface area contributed by atoms with Gasteiger partial charge in [0.1, 0.15) is 5.82 Å². The average Bonchev–Trinajstić information content (AvgIpc) is 2.86. The van der Waals surface area contributed by atoms with Gasteiger partial charge in [-0.25, -0.2) is 8.78 Å². The summed E-state index contributed by atoms with van der Waals surface area (Å²) in [7, 11) is 5.91. The van der Waals surface area contributed by atoms with E-state index in [1.54, 1.807) is 30.4 Å². The second-order valence-corrected chi connectivity index (χ2v) is 7.23. The Labute approximate surface area is 202 Å². The second-order valence-electron chi connectivity index (χ2n) is 7.23. The number of allylic oxidation sites excluding steroid dienone is 1. The zero-order chi connectivity index (χ0) is 25.4. The van der Waals surface area contributed by atoms with Gasteiger partial charge in [-0.15, -0.1) is 0 Å². The zero-order valence-electron chi connectivity index (χ0n) is 19.7. The normalized spacial score (nSPS) is 11.0. The molecule has 35 heavy (non-hydrogen) atoms. The Morgan fingerprint density at radius 2 is 1.43 bits per heavy atom. The molecule has 0 aromatic heterocycles. The topological polar surface area (TPSA) is 66.0 Å². The van der Waals surface area contributed by atoms with Gasteiger partial charge >= 0.3 is 0 Å². The van der Waals surface area contributed by atoms with Gasteiger partial charge in [0.05, 0.1) is 34.1 Å². The maximum Gasteiger partial charge on any atom is 0.203 e. The van der Waals surface area contributed by atoms with Crippen molar-refractivity contribution in [3.8, 4) is 23.0 Å². The highest BCUT2D eigenvalue weighted by atomic mass is 19.1. The standard InChI is InChI=1S/C27H25F2NO5/c1-32-24-14-18(15-25(33-2)27(24)35-4)9-8-17-12-21(29)26(34-3)22(13-17)30-11-10-23(31)19-6-5-7-20(28)16-19/h5-16,30H,1-4H3/b9-8-,11-10-. The van der Waals surface area contributed by atoms with Crippen LogP contribution in [0.15, 0.2) is 60.8 Å². The van der Waals surface area contributed by atoms with Gasteiger partial charge in [-0.05, 0) is 47.5 Å². The van der Waals surface area contributed by atoms with Crippen LogP contribution < -0.4 is 24.3 Å². The summed E-state index contributed by atoms with van der Waals surface area (Å²) < 4.78 is 49.2. The van der Waals surface area contributed by atoms with Crippen LogP contribution in [-0.2, 0) is 0 Å². The van der Waals surface area contributed by atoms with Crippen molar-refractivity contribution < 1.29 is 32.5 Å². The molecule has 0 aliphatic rings. The molecular formula is C27H25F2NO5. The van der Waals surface area contributed by atoms with Crippen LogP contribution >= 0.6 is 0 Å². The SMILES string of the molecule is COc1cc(/C=C\c2cc(F)c(OC)c(N/C=C\C(=O)c3cccc(F)c3)c2)cc(OC)c1OC. The molecule has 0 fully saturated rings. The molecule has 0 aliphatic carbocycles. The van der Waals surface area contributed by atoms with Crippen LogP contribution in [0.25, 0.3) is 12.2 Å². The van der Waals surface area contributed by atoms with E-state index < -0.39 is 17.4 Å². The lowest BCUT2D eigenvalue weighted by molar-refractivity contribution is 0.104. The first-order valence-electron chi connectivity index (χ1n) is 10.5. The summed E-state index contributed by atoms with van der Waals surface area (Å²) in [6, 6.07) is 11.9. The Morgan fingerprint density at radius 3 is 2.00 bits per heavy atom. The summed E-state index contributed by atoms with van der Waals surface area (Å²) in [6.07, 6.45) is 6.04. The second kappa shape index (κ2) is 11.7. The van der Waals surface area contributed by atoms with Crippen molar-refractivity contribution in [2.24, 2.45) is 0 Å². The smallest absolute Gasteiger partial charge is 0.203 e. The Bertz CT molecular complexity index is 1250. The molecule has 8 heteroatoms. The minimum Gasteiger partial charge on any atom is -0.493 e. The van der Waals surface area contributed by atoms with E-state index in [0.717, 1.165) is 11.6 Å². The number of hydrogen-bond acceptors (Lipinski definition) is 6. The van der Waals surface area contributed by atoms with E-state index >= 15 is 0 Å². The number of ether oxygens (including phenoxy) is 4. The Hall–Kier alpha value is -4.33. The number of methoxy groups -OCH3 is 4. The predicted molar refractivity (Wildman–Crippen MR) is 131 cm³/mol. The van der Waals surface area contributed by atoms with Crippen molar-refractivity contribution >= 4 is 23.6 Å². The average molecular weight is 481 g/mol.